The molecule has 0 amide bonds. The number of hydrogen-bond donors (Lipinski definition) is 2. The molecule has 0 heterocycles. The predicted octanol–water partition coefficient (Wildman–Crippen LogP) is 4.90. The van der Waals surface area contributed by atoms with Crippen LogP contribution in [0.1, 0.15) is 86.0 Å². The number of aldehydes is 1. The van der Waals surface area contributed by atoms with Crippen molar-refractivity contribution < 1.29 is 15.0 Å². The number of aliphatic hydroxyl groups excluding tert-OH is 2. The maximum absolute atomic E-state index is 12.1. The molecule has 28 heavy (non-hydrogen) atoms. The van der Waals surface area contributed by atoms with Gasteiger partial charge in [0.15, 0.2) is 0 Å². The smallest absolute Gasteiger partial charge is 0.128 e. The Balaban J connectivity index is 1.79. The third-order valence-corrected chi connectivity index (χ3v) is 10.7. The first kappa shape index (κ1) is 20.6. The molecule has 3 heteroatoms. The molecule has 4 aliphatic carbocycles. The molecule has 0 radical (unpaired) electrons. The van der Waals surface area contributed by atoms with Crippen LogP contribution in [0.5, 0.6) is 0 Å². The fourth-order valence-electron chi connectivity index (χ4n) is 8.66. The van der Waals surface area contributed by atoms with Gasteiger partial charge in [-0.3, -0.25) is 0 Å². The van der Waals surface area contributed by atoms with Gasteiger partial charge in [0.05, 0.1) is 11.5 Å². The van der Waals surface area contributed by atoms with Crippen molar-refractivity contribution in [2.75, 3.05) is 6.61 Å². The molecule has 0 unspecified atom stereocenters. The fourth-order valence-corrected chi connectivity index (χ4v) is 8.66. The summed E-state index contributed by atoms with van der Waals surface area (Å²) in [5.41, 5.74) is 3.25. The molecule has 3 nitrogen and oxygen atoms in total. The number of aliphatic hydroxyl groups is 2. The van der Waals surface area contributed by atoms with Crippen LogP contribution >= 0.6 is 0 Å². The summed E-state index contributed by atoms with van der Waals surface area (Å²) in [6.07, 6.45) is 9.17. The summed E-state index contributed by atoms with van der Waals surface area (Å²) in [5.74, 6) is 1.21. The van der Waals surface area contributed by atoms with E-state index >= 15 is 0 Å². The van der Waals surface area contributed by atoms with Crippen LogP contribution in [-0.2, 0) is 4.79 Å². The summed E-state index contributed by atoms with van der Waals surface area (Å²) < 4.78 is 0. The van der Waals surface area contributed by atoms with Crippen LogP contribution in [0, 0.1) is 39.4 Å². The highest BCUT2D eigenvalue weighted by atomic mass is 16.3. The second kappa shape index (κ2) is 6.41. The SMILES string of the molecule is C[C@H](CO)[C@H]1CC[C@@]2(C)C3=C(CC[C@]12C)[C@@]1(C)CC[C@H](O)[C@](C)(C=O)[C@@H]1CC3. The van der Waals surface area contributed by atoms with Crippen molar-refractivity contribution in [3.8, 4) is 0 Å². The van der Waals surface area contributed by atoms with E-state index in [2.05, 4.69) is 27.7 Å². The van der Waals surface area contributed by atoms with Crippen LogP contribution in [0.3, 0.4) is 0 Å². The van der Waals surface area contributed by atoms with E-state index in [9.17, 15) is 15.0 Å². The summed E-state index contributed by atoms with van der Waals surface area (Å²) >= 11 is 0. The maximum Gasteiger partial charge on any atom is 0.128 e. The highest BCUT2D eigenvalue weighted by molar-refractivity contribution is 5.62. The molecule has 0 aromatic carbocycles. The zero-order valence-corrected chi connectivity index (χ0v) is 18.6. The Hall–Kier alpha value is -0.670. The van der Waals surface area contributed by atoms with Gasteiger partial charge in [-0.1, -0.05) is 45.8 Å². The maximum atomic E-state index is 12.1. The normalized spacial score (nSPS) is 51.9. The second-order valence-corrected chi connectivity index (χ2v) is 11.6. The number of fused-ring (bicyclic) bond motifs is 4. The number of carbonyl (C=O) groups is 1. The Kier molecular flexibility index (Phi) is 4.72. The average Bonchev–Trinajstić information content (AvgIpc) is 2.96. The van der Waals surface area contributed by atoms with Crippen molar-refractivity contribution in [1.82, 2.24) is 0 Å². The summed E-state index contributed by atoms with van der Waals surface area (Å²) in [7, 11) is 0. The molecule has 0 saturated heterocycles. The number of allylic oxidation sites excluding steroid dienone is 2. The lowest BCUT2D eigenvalue weighted by atomic mass is 9.43. The molecule has 0 spiro atoms. The first-order chi connectivity index (χ1) is 13.1. The molecule has 0 bridgehead atoms. The molecular weight excluding hydrogens is 348 g/mol. The van der Waals surface area contributed by atoms with Gasteiger partial charge >= 0.3 is 0 Å². The molecule has 2 saturated carbocycles. The van der Waals surface area contributed by atoms with Crippen molar-refractivity contribution in [2.24, 2.45) is 39.4 Å². The zero-order chi connectivity index (χ0) is 20.5. The number of carbonyl (C=O) groups excluding carboxylic acids is 1. The van der Waals surface area contributed by atoms with Crippen molar-refractivity contribution in [1.29, 1.82) is 0 Å². The third-order valence-electron chi connectivity index (χ3n) is 10.7. The summed E-state index contributed by atoms with van der Waals surface area (Å²) in [4.78, 5) is 12.1. The molecule has 8 atom stereocenters. The summed E-state index contributed by atoms with van der Waals surface area (Å²) in [5, 5.41) is 20.5. The Morgan fingerprint density at radius 2 is 1.75 bits per heavy atom. The van der Waals surface area contributed by atoms with E-state index in [1.165, 1.54) is 19.3 Å². The first-order valence-electron chi connectivity index (χ1n) is 11.6. The van der Waals surface area contributed by atoms with Crippen LogP contribution < -0.4 is 0 Å². The van der Waals surface area contributed by atoms with Crippen molar-refractivity contribution in [2.45, 2.75) is 92.1 Å². The van der Waals surface area contributed by atoms with Crippen LogP contribution in [0.2, 0.25) is 0 Å². The molecule has 4 rings (SSSR count). The van der Waals surface area contributed by atoms with Gasteiger partial charge in [0.1, 0.15) is 6.29 Å². The lowest BCUT2D eigenvalue weighted by molar-refractivity contribution is -0.142. The van der Waals surface area contributed by atoms with Crippen LogP contribution in [0.4, 0.5) is 0 Å². The number of rotatable bonds is 3. The van der Waals surface area contributed by atoms with E-state index in [1.54, 1.807) is 11.1 Å². The predicted molar refractivity (Wildman–Crippen MR) is 112 cm³/mol. The summed E-state index contributed by atoms with van der Waals surface area (Å²) in [6.45, 7) is 11.9. The minimum atomic E-state index is -0.614. The van der Waals surface area contributed by atoms with Gasteiger partial charge in [0.2, 0.25) is 0 Å². The molecule has 2 fully saturated rings. The monoisotopic (exact) mass is 388 g/mol. The van der Waals surface area contributed by atoms with Crippen LogP contribution in [-0.4, -0.2) is 29.2 Å². The van der Waals surface area contributed by atoms with Crippen molar-refractivity contribution in [3.63, 3.8) is 0 Å². The van der Waals surface area contributed by atoms with E-state index in [0.29, 0.717) is 11.8 Å². The van der Waals surface area contributed by atoms with E-state index < -0.39 is 11.5 Å². The van der Waals surface area contributed by atoms with Crippen molar-refractivity contribution in [3.05, 3.63) is 11.1 Å². The Bertz CT molecular complexity index is 698. The lowest BCUT2D eigenvalue weighted by Gasteiger charge is -2.61. The quantitative estimate of drug-likeness (QED) is 0.534. The lowest BCUT2D eigenvalue weighted by Crippen LogP contribution is -2.56. The molecule has 0 aliphatic heterocycles. The average molecular weight is 389 g/mol. The molecule has 4 aliphatic rings. The van der Waals surface area contributed by atoms with Crippen molar-refractivity contribution >= 4 is 6.29 Å². The number of hydrogen-bond acceptors (Lipinski definition) is 3. The second-order valence-electron chi connectivity index (χ2n) is 11.6. The molecular formula is C25H40O3. The van der Waals surface area contributed by atoms with Gasteiger partial charge in [-0.05, 0) is 85.4 Å². The highest BCUT2D eigenvalue weighted by Gasteiger charge is 2.63. The standard InChI is InChI=1S/C25H40O3/c1-16(14-26)17-8-12-25(5)19-6-7-20-22(2,18(19)9-13-24(17,25)4)11-10-21(28)23(20,3)15-27/h15-17,20-21,26,28H,6-14H2,1-5H3/t16-,17-,20-,21+,22-,23-,24-,25+/m1/s1. The van der Waals surface area contributed by atoms with Gasteiger partial charge in [-0.25, -0.2) is 0 Å². The largest absolute Gasteiger partial charge is 0.396 e. The first-order valence-corrected chi connectivity index (χ1v) is 11.6. The van der Waals surface area contributed by atoms with Crippen LogP contribution in [0.15, 0.2) is 11.1 Å². The minimum absolute atomic E-state index is 0.0491. The van der Waals surface area contributed by atoms with Gasteiger partial charge in [0.25, 0.3) is 0 Å². The Morgan fingerprint density at radius 1 is 1.04 bits per heavy atom. The Morgan fingerprint density at radius 3 is 2.39 bits per heavy atom. The topological polar surface area (TPSA) is 57.5 Å². The van der Waals surface area contributed by atoms with E-state index in [0.717, 1.165) is 38.4 Å². The van der Waals surface area contributed by atoms with Gasteiger partial charge in [-0.2, -0.15) is 0 Å². The zero-order valence-electron chi connectivity index (χ0n) is 18.6. The molecule has 0 aromatic heterocycles. The van der Waals surface area contributed by atoms with E-state index in [4.69, 9.17) is 0 Å². The molecule has 2 N–H and O–H groups in total. The molecule has 158 valence electrons. The highest BCUT2D eigenvalue weighted by Crippen LogP contribution is 2.72. The third kappa shape index (κ3) is 2.32. The Labute approximate surface area is 171 Å². The van der Waals surface area contributed by atoms with Gasteiger partial charge in [-0.15, -0.1) is 0 Å². The minimum Gasteiger partial charge on any atom is -0.396 e. The van der Waals surface area contributed by atoms with E-state index in [-0.39, 0.29) is 28.8 Å². The summed E-state index contributed by atoms with van der Waals surface area (Å²) in [6, 6.07) is 0. The molecule has 0 aromatic rings. The van der Waals surface area contributed by atoms with E-state index in [1.807, 2.05) is 6.92 Å². The fraction of sp³-hybridized carbons (Fsp3) is 0.880. The van der Waals surface area contributed by atoms with Gasteiger partial charge < -0.3 is 15.0 Å². The van der Waals surface area contributed by atoms with Crippen LogP contribution in [0.25, 0.3) is 0 Å². The van der Waals surface area contributed by atoms with Gasteiger partial charge in [0, 0.05) is 6.61 Å².